The standard InChI is InChI=1S/C20H18N6O3/c1-13-22-23-18-17(21-6-7-26(13)18)24-8-10-25(11-9-24)19(27)15-12-14-4-2-3-5-16(14)29-20(15)28/h2-7,12H,8-11H2,1H3. The molecule has 5 rings (SSSR count). The number of amides is 1. The van der Waals surface area contributed by atoms with Crippen LogP contribution in [0, 0.1) is 6.92 Å². The van der Waals surface area contributed by atoms with Gasteiger partial charge >= 0.3 is 5.63 Å². The Morgan fingerprint density at radius 3 is 2.72 bits per heavy atom. The highest BCUT2D eigenvalue weighted by Crippen LogP contribution is 2.20. The first-order valence-corrected chi connectivity index (χ1v) is 9.35. The zero-order valence-corrected chi connectivity index (χ0v) is 15.8. The average molecular weight is 390 g/mol. The van der Waals surface area contributed by atoms with Crippen molar-refractivity contribution in [1.82, 2.24) is 24.5 Å². The number of aromatic nitrogens is 4. The summed E-state index contributed by atoms with van der Waals surface area (Å²) in [4.78, 5) is 33.4. The number of fused-ring (bicyclic) bond motifs is 2. The first-order chi connectivity index (χ1) is 14.1. The van der Waals surface area contributed by atoms with Gasteiger partial charge in [-0.05, 0) is 19.1 Å². The Balaban J connectivity index is 1.37. The molecule has 0 bridgehead atoms. The van der Waals surface area contributed by atoms with Gasteiger partial charge in [0.25, 0.3) is 5.91 Å². The number of carbonyl (C=O) groups excluding carboxylic acids is 1. The van der Waals surface area contributed by atoms with Gasteiger partial charge in [0, 0.05) is 44.0 Å². The molecule has 0 aliphatic carbocycles. The van der Waals surface area contributed by atoms with Crippen LogP contribution in [0.2, 0.25) is 0 Å². The molecule has 9 heteroatoms. The summed E-state index contributed by atoms with van der Waals surface area (Å²) >= 11 is 0. The highest BCUT2D eigenvalue weighted by atomic mass is 16.4. The van der Waals surface area contributed by atoms with Crippen molar-refractivity contribution in [3.8, 4) is 0 Å². The van der Waals surface area contributed by atoms with Crippen molar-refractivity contribution in [2.45, 2.75) is 6.92 Å². The topological polar surface area (TPSA) is 96.8 Å². The minimum Gasteiger partial charge on any atom is -0.422 e. The molecule has 9 nitrogen and oxygen atoms in total. The van der Waals surface area contributed by atoms with Gasteiger partial charge in [-0.3, -0.25) is 9.20 Å². The number of carbonyl (C=O) groups is 1. The monoisotopic (exact) mass is 390 g/mol. The second-order valence-electron chi connectivity index (χ2n) is 6.96. The summed E-state index contributed by atoms with van der Waals surface area (Å²) in [5, 5.41) is 9.04. The molecular formula is C20H18N6O3. The molecule has 4 heterocycles. The fourth-order valence-corrected chi connectivity index (χ4v) is 3.65. The first-order valence-electron chi connectivity index (χ1n) is 9.35. The molecule has 1 aliphatic rings. The summed E-state index contributed by atoms with van der Waals surface area (Å²) in [5.74, 6) is 1.22. The predicted molar refractivity (Wildman–Crippen MR) is 106 cm³/mol. The Labute approximate surface area is 165 Å². The van der Waals surface area contributed by atoms with Gasteiger partial charge in [-0.15, -0.1) is 10.2 Å². The van der Waals surface area contributed by atoms with Crippen LogP contribution in [0.5, 0.6) is 0 Å². The van der Waals surface area contributed by atoms with E-state index in [0.29, 0.717) is 37.4 Å². The van der Waals surface area contributed by atoms with Crippen LogP contribution < -0.4 is 10.5 Å². The van der Waals surface area contributed by atoms with Gasteiger partial charge < -0.3 is 14.2 Å². The van der Waals surface area contributed by atoms with Gasteiger partial charge in [0.2, 0.25) is 5.65 Å². The van der Waals surface area contributed by atoms with Gasteiger partial charge in [0.1, 0.15) is 17.0 Å². The van der Waals surface area contributed by atoms with Gasteiger partial charge in [0.15, 0.2) is 5.82 Å². The van der Waals surface area contributed by atoms with E-state index < -0.39 is 5.63 Å². The number of hydrogen-bond acceptors (Lipinski definition) is 7. The average Bonchev–Trinajstić information content (AvgIpc) is 3.14. The Hall–Kier alpha value is -3.75. The summed E-state index contributed by atoms with van der Waals surface area (Å²) < 4.78 is 7.19. The quantitative estimate of drug-likeness (QED) is 0.479. The van der Waals surface area contributed by atoms with Crippen molar-refractivity contribution < 1.29 is 9.21 Å². The maximum absolute atomic E-state index is 12.9. The van der Waals surface area contributed by atoms with Crippen molar-refractivity contribution in [1.29, 1.82) is 0 Å². The molecule has 3 aromatic heterocycles. The summed E-state index contributed by atoms with van der Waals surface area (Å²) in [6, 6.07) is 8.77. The zero-order chi connectivity index (χ0) is 20.0. The molecule has 29 heavy (non-hydrogen) atoms. The molecule has 0 atom stereocenters. The number of rotatable bonds is 2. The molecule has 1 aliphatic heterocycles. The van der Waals surface area contributed by atoms with Crippen LogP contribution in [-0.2, 0) is 0 Å². The van der Waals surface area contributed by atoms with Gasteiger partial charge in [0.05, 0.1) is 0 Å². The molecule has 146 valence electrons. The second kappa shape index (κ2) is 6.69. The largest absolute Gasteiger partial charge is 0.422 e. The van der Waals surface area contributed by atoms with E-state index in [1.165, 1.54) is 0 Å². The van der Waals surface area contributed by atoms with Crippen LogP contribution in [0.15, 0.2) is 51.9 Å². The zero-order valence-electron chi connectivity index (χ0n) is 15.8. The highest BCUT2D eigenvalue weighted by Gasteiger charge is 2.26. The molecule has 1 amide bonds. The normalized spacial score (nSPS) is 14.7. The Morgan fingerprint density at radius 1 is 1.10 bits per heavy atom. The summed E-state index contributed by atoms with van der Waals surface area (Å²) in [7, 11) is 0. The molecular weight excluding hydrogens is 372 g/mol. The Bertz CT molecular complexity index is 1290. The second-order valence-corrected chi connectivity index (χ2v) is 6.96. The van der Waals surface area contributed by atoms with Crippen molar-refractivity contribution >= 4 is 28.3 Å². The number of hydrogen-bond donors (Lipinski definition) is 0. The van der Waals surface area contributed by atoms with Gasteiger partial charge in [-0.2, -0.15) is 0 Å². The number of benzene rings is 1. The van der Waals surface area contributed by atoms with Crippen LogP contribution >= 0.6 is 0 Å². The van der Waals surface area contributed by atoms with E-state index in [-0.39, 0.29) is 11.5 Å². The van der Waals surface area contributed by atoms with Crippen LogP contribution in [0.25, 0.3) is 16.6 Å². The number of anilines is 1. The number of para-hydroxylation sites is 1. The van der Waals surface area contributed by atoms with Crippen LogP contribution in [0.3, 0.4) is 0 Å². The third-order valence-corrected chi connectivity index (χ3v) is 5.22. The molecule has 4 aromatic rings. The fourth-order valence-electron chi connectivity index (χ4n) is 3.65. The molecule has 1 aromatic carbocycles. The number of aryl methyl sites for hydroxylation is 1. The highest BCUT2D eigenvalue weighted by molar-refractivity contribution is 5.96. The van der Waals surface area contributed by atoms with Gasteiger partial charge in [-0.1, -0.05) is 18.2 Å². The molecule has 0 spiro atoms. The first kappa shape index (κ1) is 17.4. The third-order valence-electron chi connectivity index (χ3n) is 5.22. The molecule has 0 radical (unpaired) electrons. The van der Waals surface area contributed by atoms with Crippen LogP contribution in [0.4, 0.5) is 5.82 Å². The molecule has 0 saturated carbocycles. The minimum atomic E-state index is -0.610. The number of piperazine rings is 1. The lowest BCUT2D eigenvalue weighted by atomic mass is 10.1. The van der Waals surface area contributed by atoms with E-state index in [9.17, 15) is 9.59 Å². The maximum atomic E-state index is 12.9. The SMILES string of the molecule is Cc1nnc2c(N3CCN(C(=O)c4cc5ccccc5oc4=O)CC3)nccn12. The fraction of sp³-hybridized carbons (Fsp3) is 0.250. The lowest BCUT2D eigenvalue weighted by Crippen LogP contribution is -2.49. The van der Waals surface area contributed by atoms with E-state index in [1.54, 1.807) is 29.3 Å². The van der Waals surface area contributed by atoms with Crippen LogP contribution in [-0.4, -0.2) is 56.6 Å². The van der Waals surface area contributed by atoms with Gasteiger partial charge in [-0.25, -0.2) is 9.78 Å². The molecule has 0 N–H and O–H groups in total. The van der Waals surface area contributed by atoms with E-state index in [1.807, 2.05) is 29.7 Å². The van der Waals surface area contributed by atoms with Crippen molar-refractivity contribution in [3.63, 3.8) is 0 Å². The maximum Gasteiger partial charge on any atom is 0.349 e. The third kappa shape index (κ3) is 2.91. The Kier molecular flexibility index (Phi) is 4.01. The lowest BCUT2D eigenvalue weighted by Gasteiger charge is -2.35. The molecule has 1 saturated heterocycles. The molecule has 0 unspecified atom stereocenters. The van der Waals surface area contributed by atoms with E-state index >= 15 is 0 Å². The minimum absolute atomic E-state index is 0.0606. The summed E-state index contributed by atoms with van der Waals surface area (Å²) in [5.41, 5.74) is 0.619. The van der Waals surface area contributed by atoms with Crippen molar-refractivity contribution in [3.05, 3.63) is 64.5 Å². The summed E-state index contributed by atoms with van der Waals surface area (Å²) in [6.07, 6.45) is 3.55. The number of nitrogens with zero attached hydrogens (tertiary/aromatic N) is 6. The lowest BCUT2D eigenvalue weighted by molar-refractivity contribution is 0.0742. The summed E-state index contributed by atoms with van der Waals surface area (Å²) in [6.45, 7) is 4.00. The van der Waals surface area contributed by atoms with Crippen molar-refractivity contribution in [2.24, 2.45) is 0 Å². The smallest absolute Gasteiger partial charge is 0.349 e. The van der Waals surface area contributed by atoms with Crippen molar-refractivity contribution in [2.75, 3.05) is 31.1 Å². The predicted octanol–water partition coefficient (Wildman–Crippen LogP) is 1.50. The van der Waals surface area contributed by atoms with E-state index in [2.05, 4.69) is 20.1 Å². The van der Waals surface area contributed by atoms with E-state index in [4.69, 9.17) is 4.42 Å². The molecule has 1 fully saturated rings. The van der Waals surface area contributed by atoms with Crippen LogP contribution in [0.1, 0.15) is 16.2 Å². The Morgan fingerprint density at radius 2 is 1.90 bits per heavy atom. The van der Waals surface area contributed by atoms with E-state index in [0.717, 1.165) is 17.0 Å².